The van der Waals surface area contributed by atoms with Gasteiger partial charge in [0.25, 0.3) is 10.1 Å². The van der Waals surface area contributed by atoms with Gasteiger partial charge in [-0.25, -0.2) is 16.8 Å². The minimum Gasteiger partial charge on any atom is -0.285 e. The van der Waals surface area contributed by atoms with Crippen LogP contribution < -0.4 is 9.44 Å². The van der Waals surface area contributed by atoms with Crippen molar-refractivity contribution in [1.82, 2.24) is 0 Å². The van der Waals surface area contributed by atoms with Crippen molar-refractivity contribution in [3.8, 4) is 0 Å². The second kappa shape index (κ2) is 6.90. The van der Waals surface area contributed by atoms with Gasteiger partial charge in [0.2, 0.25) is 10.0 Å². The molecule has 1 rings (SSSR count). The van der Waals surface area contributed by atoms with Gasteiger partial charge in [-0.1, -0.05) is 0 Å². The number of nitrogens with one attached hydrogen (secondary N) is 2. The zero-order valence-electron chi connectivity index (χ0n) is 13.9. The van der Waals surface area contributed by atoms with Gasteiger partial charge in [-0.3, -0.25) is 14.0 Å². The van der Waals surface area contributed by atoms with Crippen molar-refractivity contribution in [2.75, 3.05) is 15.2 Å². The summed E-state index contributed by atoms with van der Waals surface area (Å²) in [4.78, 5) is 0. The maximum absolute atomic E-state index is 14.2. The average Bonchev–Trinajstić information content (AvgIpc) is 2.47. The third kappa shape index (κ3) is 4.42. The summed E-state index contributed by atoms with van der Waals surface area (Å²) in [5, 5.41) is -4.88. The van der Waals surface area contributed by atoms with Gasteiger partial charge in [0, 0.05) is 11.4 Å². The van der Waals surface area contributed by atoms with Crippen LogP contribution in [0.1, 0.15) is 20.8 Å². The number of hydrogen-bond acceptors (Lipinski definition) is 6. The van der Waals surface area contributed by atoms with E-state index in [4.69, 9.17) is 4.55 Å². The quantitative estimate of drug-likeness (QED) is 0.523. The summed E-state index contributed by atoms with van der Waals surface area (Å²) in [7, 11) is -14.6. The summed E-state index contributed by atoms with van der Waals surface area (Å²) in [6.45, 7) is 2.12. The third-order valence-corrected chi connectivity index (χ3v) is 8.15. The Kier molecular flexibility index (Phi) is 5.98. The van der Waals surface area contributed by atoms with E-state index in [2.05, 4.69) is 4.72 Å². The molecule has 150 valence electrons. The van der Waals surface area contributed by atoms with Crippen LogP contribution in [0, 0.1) is 0 Å². The molecule has 0 unspecified atom stereocenters. The van der Waals surface area contributed by atoms with E-state index in [9.17, 15) is 34.0 Å². The lowest BCUT2D eigenvalue weighted by molar-refractivity contribution is 0.0526. The van der Waals surface area contributed by atoms with E-state index >= 15 is 0 Å². The van der Waals surface area contributed by atoms with Crippen molar-refractivity contribution in [3.05, 3.63) is 24.3 Å². The van der Waals surface area contributed by atoms with Gasteiger partial charge >= 0.3 is 15.3 Å². The van der Waals surface area contributed by atoms with Crippen LogP contribution >= 0.6 is 0 Å². The normalized spacial score (nSPS) is 14.1. The first-order chi connectivity index (χ1) is 11.5. The molecule has 0 aliphatic carbocycles. The summed E-state index contributed by atoms with van der Waals surface area (Å²) >= 11 is 0. The number of rotatable bonds is 8. The second-order valence-electron chi connectivity index (χ2n) is 5.69. The van der Waals surface area contributed by atoms with Crippen LogP contribution in [0.15, 0.2) is 24.3 Å². The molecular formula is C12H18F2N2O7S3. The predicted octanol–water partition coefficient (Wildman–Crippen LogP) is 1.45. The fraction of sp³-hybridized carbons (Fsp3) is 0.500. The summed E-state index contributed by atoms with van der Waals surface area (Å²) < 4.78 is 107. The molecule has 0 aliphatic heterocycles. The maximum Gasteiger partial charge on any atom is 0.384 e. The van der Waals surface area contributed by atoms with Crippen molar-refractivity contribution in [3.63, 3.8) is 0 Å². The van der Waals surface area contributed by atoms with Crippen molar-refractivity contribution in [2.45, 2.75) is 30.8 Å². The lowest BCUT2D eigenvalue weighted by Crippen LogP contribution is -2.55. The first-order valence-electron chi connectivity index (χ1n) is 6.94. The zero-order valence-corrected chi connectivity index (χ0v) is 16.3. The molecule has 1 aromatic carbocycles. The lowest BCUT2D eigenvalue weighted by Gasteiger charge is -2.30. The van der Waals surface area contributed by atoms with E-state index in [-0.39, 0.29) is 17.1 Å². The molecule has 14 heteroatoms. The molecule has 0 amide bonds. The van der Waals surface area contributed by atoms with Gasteiger partial charge < -0.3 is 0 Å². The second-order valence-corrected chi connectivity index (χ2v) is 11.4. The minimum atomic E-state index is -5.57. The smallest absolute Gasteiger partial charge is 0.285 e. The molecule has 0 aromatic heterocycles. The van der Waals surface area contributed by atoms with Crippen LogP contribution in [0.5, 0.6) is 0 Å². The van der Waals surface area contributed by atoms with Crippen molar-refractivity contribution in [2.24, 2.45) is 0 Å². The Bertz CT molecular complexity index is 970. The molecule has 9 nitrogen and oxygen atoms in total. The third-order valence-electron chi connectivity index (χ3n) is 3.47. The van der Waals surface area contributed by atoms with Crippen LogP contribution in [-0.4, -0.2) is 45.6 Å². The molecule has 0 spiro atoms. The summed E-state index contributed by atoms with van der Waals surface area (Å²) in [6.07, 6.45) is 0. The number of anilines is 2. The number of sulfonamides is 2. The van der Waals surface area contributed by atoms with Crippen molar-refractivity contribution < 1.29 is 38.6 Å². The van der Waals surface area contributed by atoms with E-state index in [1.165, 1.54) is 11.6 Å². The Balaban J connectivity index is 3.14. The topological polar surface area (TPSA) is 147 Å². The summed E-state index contributed by atoms with van der Waals surface area (Å²) in [5.74, 6) is -0.210. The highest BCUT2D eigenvalue weighted by Gasteiger charge is 2.64. The maximum atomic E-state index is 14.2. The molecule has 0 radical (unpaired) electrons. The standard InChI is InChI=1S/C12H18F2N2O7S3/c1-4-24(17,18)15-9-5-7-10(8-6-9)16-25(19,20)12(13,14)11(2,3)26(21,22)23/h5-8,15-16H,4H2,1-3H3,(H,21,22,23). The van der Waals surface area contributed by atoms with Crippen molar-refractivity contribution in [1.29, 1.82) is 0 Å². The Hall–Kier alpha value is -1.51. The molecule has 1 aromatic rings. The number of alkyl halides is 2. The molecule has 0 heterocycles. The van der Waals surface area contributed by atoms with E-state index in [1.54, 1.807) is 0 Å². The van der Waals surface area contributed by atoms with Crippen LogP contribution in [0.25, 0.3) is 0 Å². The molecule has 0 atom stereocenters. The highest BCUT2D eigenvalue weighted by atomic mass is 32.2. The molecule has 0 saturated heterocycles. The lowest BCUT2D eigenvalue weighted by atomic mass is 10.2. The van der Waals surface area contributed by atoms with E-state index in [0.29, 0.717) is 13.8 Å². The number of hydrogen-bond donors (Lipinski definition) is 3. The van der Waals surface area contributed by atoms with Gasteiger partial charge in [0.05, 0.1) is 5.75 Å². The number of benzene rings is 1. The molecule has 3 N–H and O–H groups in total. The monoisotopic (exact) mass is 436 g/mol. The molecule has 26 heavy (non-hydrogen) atoms. The van der Waals surface area contributed by atoms with Crippen molar-refractivity contribution >= 4 is 41.5 Å². The first-order valence-corrected chi connectivity index (χ1v) is 11.5. The average molecular weight is 436 g/mol. The van der Waals surface area contributed by atoms with E-state index < -0.39 is 40.2 Å². The fourth-order valence-corrected chi connectivity index (χ4v) is 4.36. The largest absolute Gasteiger partial charge is 0.384 e. The van der Waals surface area contributed by atoms with Crippen LogP contribution in [0.3, 0.4) is 0 Å². The van der Waals surface area contributed by atoms with Gasteiger partial charge in [0.15, 0.2) is 4.75 Å². The Morgan fingerprint density at radius 3 is 1.65 bits per heavy atom. The molecule has 0 bridgehead atoms. The summed E-state index contributed by atoms with van der Waals surface area (Å²) in [5.41, 5.74) is -0.296. The van der Waals surface area contributed by atoms with E-state index in [0.717, 1.165) is 24.3 Å². The van der Waals surface area contributed by atoms with Crippen LogP contribution in [0.2, 0.25) is 0 Å². The molecule has 0 saturated carbocycles. The Morgan fingerprint density at radius 1 is 0.923 bits per heavy atom. The molecule has 0 aliphatic rings. The molecule has 0 fully saturated rings. The number of halogens is 2. The van der Waals surface area contributed by atoms with Gasteiger partial charge in [-0.05, 0) is 45.0 Å². The van der Waals surface area contributed by atoms with Gasteiger partial charge in [-0.2, -0.15) is 17.2 Å². The van der Waals surface area contributed by atoms with Crippen LogP contribution in [0.4, 0.5) is 20.2 Å². The van der Waals surface area contributed by atoms with Gasteiger partial charge in [0.1, 0.15) is 0 Å². The van der Waals surface area contributed by atoms with E-state index in [1.807, 2.05) is 0 Å². The molecular weight excluding hydrogens is 418 g/mol. The first kappa shape index (κ1) is 22.5. The Labute approximate surface area is 150 Å². The highest BCUT2D eigenvalue weighted by Crippen LogP contribution is 2.39. The minimum absolute atomic E-state index is 0.0693. The highest BCUT2D eigenvalue weighted by molar-refractivity contribution is 7.95. The van der Waals surface area contributed by atoms with Gasteiger partial charge in [-0.15, -0.1) is 0 Å². The summed E-state index contributed by atoms with van der Waals surface area (Å²) in [6, 6.07) is 4.25. The zero-order chi connectivity index (χ0) is 20.6. The van der Waals surface area contributed by atoms with Crippen LogP contribution in [-0.2, 0) is 30.2 Å². The fourth-order valence-electron chi connectivity index (χ4n) is 1.55. The SMILES string of the molecule is CCS(=O)(=O)Nc1ccc(NS(=O)(=O)C(F)(F)C(C)(C)S(=O)(=O)O)cc1. The predicted molar refractivity (Wildman–Crippen MR) is 92.6 cm³/mol. The Morgan fingerprint density at radius 2 is 1.31 bits per heavy atom.